The van der Waals surface area contributed by atoms with Crippen LogP contribution >= 0.6 is 0 Å². The SMILES string of the molecule is CNC[N+](C)C. The first-order valence-corrected chi connectivity index (χ1v) is 2.06. The highest BCUT2D eigenvalue weighted by atomic mass is 15.2. The molecule has 0 heterocycles. The van der Waals surface area contributed by atoms with E-state index in [0.29, 0.717) is 0 Å². The fourth-order valence-corrected chi connectivity index (χ4v) is 0.316. The lowest BCUT2D eigenvalue weighted by Gasteiger charge is -1.94. The largest absolute Gasteiger partial charge is 0.269 e. The quantitative estimate of drug-likeness (QED) is 0.358. The standard InChI is InChI=1S/C4H12N2/c1-5-4-6(2)3/h5H,4H2,1-3H3/q+1. The Morgan fingerprint density at radius 2 is 2.00 bits per heavy atom. The second-order valence-corrected chi connectivity index (χ2v) is 1.59. The highest BCUT2D eigenvalue weighted by molar-refractivity contribution is 4.38. The highest BCUT2D eigenvalue weighted by Crippen LogP contribution is 1.54. The van der Waals surface area contributed by atoms with Crippen molar-refractivity contribution < 1.29 is 0 Å². The molecule has 0 amide bonds. The van der Waals surface area contributed by atoms with Crippen molar-refractivity contribution in [2.24, 2.45) is 0 Å². The summed E-state index contributed by atoms with van der Waals surface area (Å²) in [5.74, 6) is 0. The van der Waals surface area contributed by atoms with E-state index in [-0.39, 0.29) is 0 Å². The predicted molar refractivity (Wildman–Crippen MR) is 27.9 cm³/mol. The summed E-state index contributed by atoms with van der Waals surface area (Å²) >= 11 is 0. The lowest BCUT2D eigenvalue weighted by molar-refractivity contribution is 0.523. The average Bonchev–Trinajstić information content (AvgIpc) is 1.35. The Morgan fingerprint density at radius 1 is 1.50 bits per heavy atom. The maximum Gasteiger partial charge on any atom is 0.175 e. The van der Waals surface area contributed by atoms with E-state index in [1.165, 1.54) is 0 Å². The molecule has 0 aromatic carbocycles. The summed E-state index contributed by atoms with van der Waals surface area (Å²) in [5.41, 5.74) is 0. The van der Waals surface area contributed by atoms with Crippen LogP contribution in [-0.4, -0.2) is 27.8 Å². The van der Waals surface area contributed by atoms with Crippen LogP contribution < -0.4 is 10.2 Å². The van der Waals surface area contributed by atoms with Crippen LogP contribution in [0.2, 0.25) is 0 Å². The summed E-state index contributed by atoms with van der Waals surface area (Å²) in [6.45, 7) is 0.958. The van der Waals surface area contributed by atoms with Gasteiger partial charge in [-0.25, -0.2) is 0 Å². The van der Waals surface area contributed by atoms with Crippen LogP contribution in [-0.2, 0) is 0 Å². The van der Waals surface area contributed by atoms with E-state index >= 15 is 0 Å². The molecule has 2 nitrogen and oxygen atoms in total. The lowest BCUT2D eigenvalue weighted by Crippen LogP contribution is -2.29. The molecule has 0 aromatic heterocycles. The highest BCUT2D eigenvalue weighted by Gasteiger charge is 1.89. The third-order valence-corrected chi connectivity index (χ3v) is 0.474. The van der Waals surface area contributed by atoms with Gasteiger partial charge < -0.3 is 0 Å². The minimum absolute atomic E-state index is 0.958. The Balaban J connectivity index is 2.63. The number of nitrogens with zero attached hydrogens (tertiary/aromatic N) is 1. The normalized spacial score (nSPS) is 10.0. The molecular weight excluding hydrogens is 76.1 g/mol. The second kappa shape index (κ2) is 3.12. The molecular formula is C4H12N2+. The van der Waals surface area contributed by atoms with Crippen LogP contribution in [0.15, 0.2) is 0 Å². The molecule has 0 aliphatic heterocycles. The van der Waals surface area contributed by atoms with Gasteiger partial charge in [-0.15, -0.1) is 0 Å². The van der Waals surface area contributed by atoms with Crippen molar-refractivity contribution in [3.63, 3.8) is 0 Å². The first-order valence-electron chi connectivity index (χ1n) is 2.06. The zero-order valence-corrected chi connectivity index (χ0v) is 4.65. The van der Waals surface area contributed by atoms with E-state index in [1.807, 2.05) is 21.1 Å². The zero-order valence-electron chi connectivity index (χ0n) is 4.65. The van der Waals surface area contributed by atoms with Gasteiger partial charge in [0.15, 0.2) is 6.67 Å². The fraction of sp³-hybridized carbons (Fsp3) is 1.00. The Bertz CT molecular complexity index is 26.7. The minimum Gasteiger partial charge on any atom is -0.269 e. The fourth-order valence-electron chi connectivity index (χ4n) is 0.316. The molecule has 37 valence electrons. The maximum absolute atomic E-state index is 2.99. The third-order valence-electron chi connectivity index (χ3n) is 0.474. The predicted octanol–water partition coefficient (Wildman–Crippen LogP) is -0.437. The van der Waals surface area contributed by atoms with Crippen molar-refractivity contribution in [1.82, 2.24) is 10.2 Å². The molecule has 0 aliphatic rings. The van der Waals surface area contributed by atoms with Gasteiger partial charge in [-0.1, -0.05) is 0 Å². The smallest absolute Gasteiger partial charge is 0.175 e. The van der Waals surface area contributed by atoms with Crippen LogP contribution in [0.5, 0.6) is 0 Å². The summed E-state index contributed by atoms with van der Waals surface area (Å²) in [6.07, 6.45) is 0. The van der Waals surface area contributed by atoms with Crippen molar-refractivity contribution in [3.05, 3.63) is 0 Å². The number of hydrogen-bond donors (Lipinski definition) is 1. The third kappa shape index (κ3) is 3.92. The molecule has 0 bridgehead atoms. The summed E-state index contributed by atoms with van der Waals surface area (Å²) < 4.78 is 0. The molecule has 2 heteroatoms. The van der Waals surface area contributed by atoms with Crippen molar-refractivity contribution >= 4 is 0 Å². The van der Waals surface area contributed by atoms with Crippen molar-refractivity contribution in [3.8, 4) is 0 Å². The van der Waals surface area contributed by atoms with Crippen LogP contribution in [0, 0.1) is 0 Å². The van der Waals surface area contributed by atoms with E-state index in [1.54, 1.807) is 0 Å². The Labute approximate surface area is 39.1 Å². The van der Waals surface area contributed by atoms with Crippen LogP contribution in [0.1, 0.15) is 0 Å². The van der Waals surface area contributed by atoms with E-state index in [4.69, 9.17) is 0 Å². The van der Waals surface area contributed by atoms with Gasteiger partial charge in [-0.2, -0.15) is 4.90 Å². The van der Waals surface area contributed by atoms with Crippen molar-refractivity contribution in [2.75, 3.05) is 27.8 Å². The molecule has 1 N–H and O–H groups in total. The van der Waals surface area contributed by atoms with E-state index in [9.17, 15) is 0 Å². The topological polar surface area (TPSA) is 17.9 Å². The Kier molecular flexibility index (Phi) is 3.08. The molecule has 0 aliphatic carbocycles. The van der Waals surface area contributed by atoms with Gasteiger partial charge >= 0.3 is 0 Å². The van der Waals surface area contributed by atoms with E-state index in [2.05, 4.69) is 10.2 Å². The summed E-state index contributed by atoms with van der Waals surface area (Å²) in [6, 6.07) is 0. The van der Waals surface area contributed by atoms with E-state index in [0.717, 1.165) is 6.67 Å². The van der Waals surface area contributed by atoms with Crippen LogP contribution in [0.3, 0.4) is 0 Å². The van der Waals surface area contributed by atoms with Gasteiger partial charge in [0.05, 0.1) is 0 Å². The molecule has 6 heavy (non-hydrogen) atoms. The molecule has 0 aromatic rings. The molecule has 0 unspecified atom stereocenters. The zero-order chi connectivity index (χ0) is 4.99. The number of rotatable bonds is 2. The Hall–Kier alpha value is -0.0800. The summed E-state index contributed by atoms with van der Waals surface area (Å²) in [4.78, 5) is 2.07. The summed E-state index contributed by atoms with van der Waals surface area (Å²) in [7, 11) is 5.98. The van der Waals surface area contributed by atoms with Gasteiger partial charge in [0, 0.05) is 0 Å². The van der Waals surface area contributed by atoms with Crippen LogP contribution in [0.4, 0.5) is 0 Å². The van der Waals surface area contributed by atoms with Gasteiger partial charge in [0.25, 0.3) is 0 Å². The first kappa shape index (κ1) is 5.92. The molecule has 0 spiro atoms. The first-order chi connectivity index (χ1) is 2.77. The van der Waals surface area contributed by atoms with Gasteiger partial charge in [0.2, 0.25) is 0 Å². The number of nitrogens with one attached hydrogen (secondary N) is 1. The molecule has 0 saturated heterocycles. The van der Waals surface area contributed by atoms with Crippen molar-refractivity contribution in [2.45, 2.75) is 0 Å². The molecule has 0 saturated carbocycles. The van der Waals surface area contributed by atoms with Gasteiger partial charge in [-0.3, -0.25) is 5.32 Å². The minimum atomic E-state index is 0.958. The van der Waals surface area contributed by atoms with Crippen LogP contribution in [0.25, 0.3) is 0 Å². The molecule has 0 fully saturated rings. The maximum atomic E-state index is 2.99. The Morgan fingerprint density at radius 3 is 2.00 bits per heavy atom. The van der Waals surface area contributed by atoms with E-state index < -0.39 is 0 Å². The molecule has 0 atom stereocenters. The van der Waals surface area contributed by atoms with Gasteiger partial charge in [0.1, 0.15) is 14.1 Å². The monoisotopic (exact) mass is 88.1 g/mol. The second-order valence-electron chi connectivity index (χ2n) is 1.59. The average molecular weight is 88.2 g/mol. The van der Waals surface area contributed by atoms with Crippen molar-refractivity contribution in [1.29, 1.82) is 0 Å². The number of hydrogen-bond acceptors (Lipinski definition) is 2. The molecule has 1 radical (unpaired) electrons. The molecule has 0 rings (SSSR count). The van der Waals surface area contributed by atoms with Gasteiger partial charge in [-0.05, 0) is 7.05 Å². The summed E-state index contributed by atoms with van der Waals surface area (Å²) in [5, 5.41) is 2.99. The lowest BCUT2D eigenvalue weighted by atomic mass is 10.9.